The minimum Gasteiger partial charge on any atom is -0.339 e. The monoisotopic (exact) mass is 396 g/mol. The smallest absolute Gasteiger partial charge is 0.256 e. The van der Waals surface area contributed by atoms with Crippen molar-refractivity contribution in [2.75, 3.05) is 13.1 Å². The lowest BCUT2D eigenvalue weighted by Crippen LogP contribution is -2.38. The van der Waals surface area contributed by atoms with Crippen molar-refractivity contribution in [3.05, 3.63) is 78.9 Å². The zero-order chi connectivity index (χ0) is 20.3. The summed E-state index contributed by atoms with van der Waals surface area (Å²) in [6.45, 7) is 1.36. The van der Waals surface area contributed by atoms with Crippen molar-refractivity contribution in [2.45, 2.75) is 18.8 Å². The molecule has 0 bridgehead atoms. The quantitative estimate of drug-likeness (QED) is 0.527. The second kappa shape index (κ2) is 7.94. The lowest BCUT2D eigenvalue weighted by atomic mass is 9.89. The zero-order valence-corrected chi connectivity index (χ0v) is 16.3. The summed E-state index contributed by atoms with van der Waals surface area (Å²) < 4.78 is 0. The van der Waals surface area contributed by atoms with Crippen molar-refractivity contribution in [1.82, 2.24) is 29.8 Å². The molecule has 0 N–H and O–H groups in total. The molecule has 0 atom stereocenters. The highest BCUT2D eigenvalue weighted by molar-refractivity contribution is 6.04. The Morgan fingerprint density at radius 3 is 2.53 bits per heavy atom. The number of fused-ring (bicyclic) bond motifs is 1. The van der Waals surface area contributed by atoms with E-state index in [-0.39, 0.29) is 11.8 Å². The fourth-order valence-electron chi connectivity index (χ4n) is 4.11. The third kappa shape index (κ3) is 3.39. The third-order valence-electron chi connectivity index (χ3n) is 5.63. The number of piperidine rings is 1. The number of aromatic nitrogens is 5. The number of amides is 1. The van der Waals surface area contributed by atoms with E-state index in [0.29, 0.717) is 24.2 Å². The van der Waals surface area contributed by atoms with Gasteiger partial charge in [0.1, 0.15) is 11.8 Å². The van der Waals surface area contributed by atoms with Crippen molar-refractivity contribution in [3.63, 3.8) is 0 Å². The fourth-order valence-corrected chi connectivity index (χ4v) is 4.11. The van der Waals surface area contributed by atoms with Crippen LogP contribution in [0.15, 0.2) is 67.6 Å². The van der Waals surface area contributed by atoms with Crippen LogP contribution in [0.2, 0.25) is 0 Å². The van der Waals surface area contributed by atoms with Crippen molar-refractivity contribution in [1.29, 1.82) is 0 Å². The molecule has 3 aromatic heterocycles. The molecule has 0 saturated carbocycles. The highest BCUT2D eigenvalue weighted by Gasteiger charge is 2.28. The maximum absolute atomic E-state index is 13.2. The number of carbonyl (C=O) groups excluding carboxylic acids is 1. The molecule has 4 aromatic rings. The summed E-state index contributed by atoms with van der Waals surface area (Å²) in [5.74, 6) is 0.295. The number of nitrogens with zero attached hydrogens (tertiary/aromatic N) is 6. The third-order valence-corrected chi connectivity index (χ3v) is 5.63. The summed E-state index contributed by atoms with van der Waals surface area (Å²) >= 11 is 0. The van der Waals surface area contributed by atoms with E-state index in [0.717, 1.165) is 35.2 Å². The summed E-state index contributed by atoms with van der Waals surface area (Å²) in [4.78, 5) is 36.7. The van der Waals surface area contributed by atoms with Crippen LogP contribution in [0.3, 0.4) is 0 Å². The van der Waals surface area contributed by atoms with Gasteiger partial charge in [0.15, 0.2) is 0 Å². The van der Waals surface area contributed by atoms with E-state index in [1.54, 1.807) is 31.1 Å². The average Bonchev–Trinajstić information content (AvgIpc) is 2.84. The second-order valence-corrected chi connectivity index (χ2v) is 7.35. The predicted molar refractivity (Wildman–Crippen MR) is 113 cm³/mol. The van der Waals surface area contributed by atoms with E-state index in [1.165, 1.54) is 0 Å². The highest BCUT2D eigenvalue weighted by atomic mass is 16.2. The van der Waals surface area contributed by atoms with Crippen LogP contribution in [0.1, 0.15) is 34.8 Å². The van der Waals surface area contributed by atoms with Crippen LogP contribution < -0.4 is 0 Å². The maximum atomic E-state index is 13.2. The van der Waals surface area contributed by atoms with Crippen LogP contribution in [-0.2, 0) is 0 Å². The number of pyridine rings is 1. The van der Waals surface area contributed by atoms with E-state index in [2.05, 4.69) is 24.9 Å². The van der Waals surface area contributed by atoms with Gasteiger partial charge >= 0.3 is 0 Å². The molecule has 0 radical (unpaired) electrons. The molecule has 1 aliphatic heterocycles. The topological polar surface area (TPSA) is 84.8 Å². The largest absolute Gasteiger partial charge is 0.339 e. The van der Waals surface area contributed by atoms with Crippen LogP contribution in [0.5, 0.6) is 0 Å². The molecule has 7 heteroatoms. The summed E-state index contributed by atoms with van der Waals surface area (Å²) in [6.07, 6.45) is 12.0. The normalized spacial score (nSPS) is 14.7. The van der Waals surface area contributed by atoms with Crippen LogP contribution in [0, 0.1) is 0 Å². The van der Waals surface area contributed by atoms with Crippen LogP contribution >= 0.6 is 0 Å². The molecule has 1 aromatic carbocycles. The van der Waals surface area contributed by atoms with Gasteiger partial charge in [-0.05, 0) is 42.7 Å². The van der Waals surface area contributed by atoms with Gasteiger partial charge in [0.25, 0.3) is 5.91 Å². The lowest BCUT2D eigenvalue weighted by Gasteiger charge is -2.32. The van der Waals surface area contributed by atoms with E-state index in [9.17, 15) is 4.79 Å². The molecule has 1 amide bonds. The van der Waals surface area contributed by atoms with E-state index >= 15 is 0 Å². The Morgan fingerprint density at radius 1 is 0.900 bits per heavy atom. The van der Waals surface area contributed by atoms with Gasteiger partial charge in [-0.25, -0.2) is 9.97 Å². The van der Waals surface area contributed by atoms with Crippen molar-refractivity contribution in [2.24, 2.45) is 0 Å². The lowest BCUT2D eigenvalue weighted by molar-refractivity contribution is 0.0714. The van der Waals surface area contributed by atoms with Gasteiger partial charge in [-0.15, -0.1) is 0 Å². The number of rotatable bonds is 3. The number of benzene rings is 1. The number of carbonyl (C=O) groups is 1. The van der Waals surface area contributed by atoms with Gasteiger partial charge in [-0.3, -0.25) is 19.7 Å². The van der Waals surface area contributed by atoms with Crippen LogP contribution in [-0.4, -0.2) is 48.8 Å². The first-order chi connectivity index (χ1) is 14.8. The predicted octanol–water partition coefficient (Wildman–Crippen LogP) is 3.50. The van der Waals surface area contributed by atoms with Crippen molar-refractivity contribution in [3.8, 4) is 11.1 Å². The van der Waals surface area contributed by atoms with Gasteiger partial charge < -0.3 is 4.90 Å². The Bertz CT molecular complexity index is 1180. The summed E-state index contributed by atoms with van der Waals surface area (Å²) in [5, 5.41) is 0. The van der Waals surface area contributed by atoms with Crippen LogP contribution in [0.4, 0.5) is 0 Å². The number of hydrogen-bond acceptors (Lipinski definition) is 6. The molecule has 148 valence electrons. The zero-order valence-electron chi connectivity index (χ0n) is 16.3. The first-order valence-electron chi connectivity index (χ1n) is 10.0. The molecule has 0 unspecified atom stereocenters. The van der Waals surface area contributed by atoms with Crippen LogP contribution in [0.25, 0.3) is 22.2 Å². The molecule has 0 spiro atoms. The molecule has 1 fully saturated rings. The Kier molecular flexibility index (Phi) is 4.85. The number of likely N-dealkylation sites (tertiary alicyclic amines) is 1. The van der Waals surface area contributed by atoms with Gasteiger partial charge in [0.2, 0.25) is 0 Å². The summed E-state index contributed by atoms with van der Waals surface area (Å²) in [6, 6.07) is 9.52. The Hall–Kier alpha value is -3.74. The number of hydrogen-bond donors (Lipinski definition) is 0. The molecule has 1 saturated heterocycles. The van der Waals surface area contributed by atoms with Crippen molar-refractivity contribution < 1.29 is 4.79 Å². The van der Waals surface area contributed by atoms with Gasteiger partial charge in [-0.1, -0.05) is 6.07 Å². The molecule has 4 heterocycles. The molecule has 1 aliphatic rings. The Morgan fingerprint density at radius 2 is 1.70 bits per heavy atom. The second-order valence-electron chi connectivity index (χ2n) is 7.35. The molecule has 5 rings (SSSR count). The van der Waals surface area contributed by atoms with Gasteiger partial charge in [-0.2, -0.15) is 0 Å². The standard InChI is InChI=1S/C23H20N6O/c30-23(18-2-1-3-20-22(18)27-11-10-26-20)29-12-6-17(7-13-29)21-19(14-25-15-28-21)16-4-8-24-9-5-16/h1-5,8-11,14-15,17H,6-7,12-13H2. The minimum absolute atomic E-state index is 0.0107. The molecular formula is C23H20N6O. The first kappa shape index (κ1) is 18.3. The first-order valence-corrected chi connectivity index (χ1v) is 10.0. The minimum atomic E-state index is 0.0107. The van der Waals surface area contributed by atoms with E-state index in [1.807, 2.05) is 41.4 Å². The van der Waals surface area contributed by atoms with Gasteiger partial charge in [0.05, 0.1) is 16.8 Å². The summed E-state index contributed by atoms with van der Waals surface area (Å²) in [5.41, 5.74) is 5.14. The van der Waals surface area contributed by atoms with E-state index in [4.69, 9.17) is 0 Å². The molecule has 7 nitrogen and oxygen atoms in total. The Balaban J connectivity index is 1.36. The summed E-state index contributed by atoms with van der Waals surface area (Å²) in [7, 11) is 0. The number of para-hydroxylation sites is 1. The molecule has 30 heavy (non-hydrogen) atoms. The van der Waals surface area contributed by atoms with Gasteiger partial charge in [0, 0.05) is 55.6 Å². The average molecular weight is 396 g/mol. The molecule has 0 aliphatic carbocycles. The fraction of sp³-hybridized carbons (Fsp3) is 0.217. The Labute approximate surface area is 173 Å². The molecular weight excluding hydrogens is 376 g/mol. The highest BCUT2D eigenvalue weighted by Crippen LogP contribution is 2.33. The van der Waals surface area contributed by atoms with E-state index < -0.39 is 0 Å². The van der Waals surface area contributed by atoms with Crippen molar-refractivity contribution >= 4 is 16.9 Å². The SMILES string of the molecule is O=C(c1cccc2nccnc12)N1CCC(c2ncncc2-c2ccncc2)CC1. The maximum Gasteiger partial charge on any atom is 0.256 e.